The van der Waals surface area contributed by atoms with Gasteiger partial charge >= 0.3 is 0 Å². The van der Waals surface area contributed by atoms with E-state index in [-0.39, 0.29) is 11.9 Å². The number of aromatic nitrogens is 2. The molecule has 0 spiro atoms. The first-order valence-electron chi connectivity index (χ1n) is 4.98. The molecule has 0 aliphatic rings. The maximum Gasteiger partial charge on any atom is 0.223 e. The molecule has 0 aliphatic carbocycles. The van der Waals surface area contributed by atoms with E-state index >= 15 is 0 Å². The lowest BCUT2D eigenvalue weighted by molar-refractivity contribution is -0.128. The van der Waals surface area contributed by atoms with Crippen molar-refractivity contribution in [3.63, 3.8) is 0 Å². The average molecular weight is 210 g/mol. The molecule has 5 heteroatoms. The molecule has 15 heavy (non-hydrogen) atoms. The molecule has 1 heterocycles. The van der Waals surface area contributed by atoms with Crippen LogP contribution in [0, 0.1) is 0 Å². The molecule has 1 amide bonds. The number of nitrogens with two attached hydrogens (primary N) is 1. The minimum absolute atomic E-state index is 0.0537. The summed E-state index contributed by atoms with van der Waals surface area (Å²) in [5.74, 6) is 0.110. The predicted octanol–water partition coefficient (Wildman–Crippen LogP) is 0.381. The summed E-state index contributed by atoms with van der Waals surface area (Å²) in [7, 11) is 3.51. The number of hydrogen-bond donors (Lipinski definition) is 1. The van der Waals surface area contributed by atoms with E-state index in [0.29, 0.717) is 13.0 Å². The molecule has 0 radical (unpaired) electrons. The summed E-state index contributed by atoms with van der Waals surface area (Å²) >= 11 is 0. The number of nitrogens with zero attached hydrogens (tertiary/aromatic N) is 3. The maximum absolute atomic E-state index is 11.4. The van der Waals surface area contributed by atoms with Gasteiger partial charge in [0.25, 0.3) is 0 Å². The van der Waals surface area contributed by atoms with Crippen LogP contribution in [0.25, 0.3) is 0 Å². The van der Waals surface area contributed by atoms with Crippen LogP contribution < -0.4 is 5.73 Å². The summed E-state index contributed by atoms with van der Waals surface area (Å²) in [6.07, 6.45) is 3.93. The molecule has 0 aromatic carbocycles. The molecule has 1 aromatic rings. The van der Waals surface area contributed by atoms with Gasteiger partial charge in [-0.1, -0.05) is 0 Å². The topological polar surface area (TPSA) is 64.1 Å². The van der Waals surface area contributed by atoms with Crippen LogP contribution in [0.2, 0.25) is 0 Å². The quantitative estimate of drug-likeness (QED) is 0.781. The highest BCUT2D eigenvalue weighted by molar-refractivity contribution is 5.75. The van der Waals surface area contributed by atoms with Crippen molar-refractivity contribution in [3.8, 4) is 0 Å². The van der Waals surface area contributed by atoms with Crippen LogP contribution in [-0.4, -0.2) is 34.5 Å². The fourth-order valence-corrected chi connectivity index (χ4v) is 1.34. The van der Waals surface area contributed by atoms with Gasteiger partial charge in [-0.2, -0.15) is 0 Å². The number of hydrogen-bond acceptors (Lipinski definition) is 3. The molecule has 2 N–H and O–H groups in total. The Bertz CT molecular complexity index is 330. The first kappa shape index (κ1) is 11.7. The van der Waals surface area contributed by atoms with Gasteiger partial charge in [-0.15, -0.1) is 0 Å². The normalized spacial score (nSPS) is 12.5. The minimum Gasteiger partial charge on any atom is -0.349 e. The summed E-state index contributed by atoms with van der Waals surface area (Å²) in [5.41, 5.74) is 6.73. The van der Waals surface area contributed by atoms with Crippen LogP contribution in [0.1, 0.15) is 25.1 Å². The van der Waals surface area contributed by atoms with Crippen molar-refractivity contribution < 1.29 is 4.79 Å². The van der Waals surface area contributed by atoms with Crippen LogP contribution in [0.3, 0.4) is 0 Å². The largest absolute Gasteiger partial charge is 0.349 e. The molecule has 0 unspecified atom stereocenters. The van der Waals surface area contributed by atoms with E-state index in [1.54, 1.807) is 31.5 Å². The second-order valence-corrected chi connectivity index (χ2v) is 3.84. The van der Waals surface area contributed by atoms with Gasteiger partial charge in [-0.3, -0.25) is 4.79 Å². The van der Waals surface area contributed by atoms with Crippen LogP contribution in [0.15, 0.2) is 12.5 Å². The molecule has 84 valence electrons. The summed E-state index contributed by atoms with van der Waals surface area (Å²) in [4.78, 5) is 17.0. The molecular weight excluding hydrogens is 192 g/mol. The van der Waals surface area contributed by atoms with Crippen LogP contribution >= 0.6 is 0 Å². The maximum atomic E-state index is 11.4. The van der Waals surface area contributed by atoms with Crippen molar-refractivity contribution in [3.05, 3.63) is 18.2 Å². The van der Waals surface area contributed by atoms with Gasteiger partial charge in [-0.25, -0.2) is 4.98 Å². The highest BCUT2D eigenvalue weighted by Gasteiger charge is 2.09. The molecule has 0 saturated carbocycles. The third-order valence-electron chi connectivity index (χ3n) is 2.28. The highest BCUT2D eigenvalue weighted by atomic mass is 16.2. The number of carbonyl (C=O) groups is 1. The van der Waals surface area contributed by atoms with Gasteiger partial charge in [0.15, 0.2) is 0 Å². The van der Waals surface area contributed by atoms with Crippen LogP contribution in [0.5, 0.6) is 0 Å². The number of amides is 1. The third kappa shape index (κ3) is 3.06. The molecule has 1 atom stereocenters. The first-order valence-corrected chi connectivity index (χ1v) is 4.98. The Labute approximate surface area is 89.9 Å². The lowest BCUT2D eigenvalue weighted by Gasteiger charge is -2.13. The van der Waals surface area contributed by atoms with Crippen molar-refractivity contribution >= 4 is 5.91 Å². The zero-order valence-electron chi connectivity index (χ0n) is 9.47. The third-order valence-corrected chi connectivity index (χ3v) is 2.28. The zero-order valence-corrected chi connectivity index (χ0v) is 9.47. The number of carbonyl (C=O) groups excluding carboxylic acids is 1. The van der Waals surface area contributed by atoms with Gasteiger partial charge in [-0.05, 0) is 6.92 Å². The van der Waals surface area contributed by atoms with Gasteiger partial charge < -0.3 is 15.2 Å². The van der Waals surface area contributed by atoms with Crippen molar-refractivity contribution in [2.24, 2.45) is 5.73 Å². The molecular formula is C10H18N4O. The van der Waals surface area contributed by atoms with E-state index in [4.69, 9.17) is 5.73 Å². The molecule has 5 nitrogen and oxygen atoms in total. The van der Waals surface area contributed by atoms with Crippen molar-refractivity contribution in [1.29, 1.82) is 0 Å². The summed E-state index contributed by atoms with van der Waals surface area (Å²) in [5, 5.41) is 0. The van der Waals surface area contributed by atoms with Gasteiger partial charge in [0.2, 0.25) is 5.91 Å². The molecule has 1 aromatic heterocycles. The first-order chi connectivity index (χ1) is 7.02. The Hall–Kier alpha value is -1.36. The van der Waals surface area contributed by atoms with Gasteiger partial charge in [0.05, 0.1) is 12.0 Å². The van der Waals surface area contributed by atoms with E-state index in [1.807, 2.05) is 11.5 Å². The Morgan fingerprint density at radius 2 is 2.33 bits per heavy atom. The minimum atomic E-state index is -0.0537. The van der Waals surface area contributed by atoms with Gasteiger partial charge in [0.1, 0.15) is 0 Å². The van der Waals surface area contributed by atoms with Crippen molar-refractivity contribution in [1.82, 2.24) is 14.5 Å². The zero-order chi connectivity index (χ0) is 11.4. The van der Waals surface area contributed by atoms with Crippen molar-refractivity contribution in [2.45, 2.75) is 25.9 Å². The second-order valence-electron chi connectivity index (χ2n) is 3.84. The molecule has 0 saturated heterocycles. The van der Waals surface area contributed by atoms with E-state index in [0.717, 1.165) is 5.69 Å². The number of imidazole rings is 1. The Morgan fingerprint density at radius 3 is 2.87 bits per heavy atom. The van der Waals surface area contributed by atoms with Gasteiger partial charge in [0, 0.05) is 39.3 Å². The second kappa shape index (κ2) is 4.93. The highest BCUT2D eigenvalue weighted by Crippen LogP contribution is 2.09. The van der Waals surface area contributed by atoms with E-state index in [2.05, 4.69) is 4.98 Å². The van der Waals surface area contributed by atoms with Crippen LogP contribution in [0.4, 0.5) is 0 Å². The monoisotopic (exact) mass is 210 g/mol. The Kier molecular flexibility index (Phi) is 3.85. The van der Waals surface area contributed by atoms with Crippen LogP contribution in [-0.2, 0) is 11.3 Å². The lowest BCUT2D eigenvalue weighted by atomic mass is 10.2. The smallest absolute Gasteiger partial charge is 0.223 e. The van der Waals surface area contributed by atoms with E-state index in [1.165, 1.54) is 0 Å². The molecule has 0 aliphatic heterocycles. The Morgan fingerprint density at radius 1 is 1.67 bits per heavy atom. The molecule has 0 fully saturated rings. The average Bonchev–Trinajstić information content (AvgIpc) is 2.61. The lowest BCUT2D eigenvalue weighted by Crippen LogP contribution is -2.23. The molecule has 1 rings (SSSR count). The van der Waals surface area contributed by atoms with Crippen molar-refractivity contribution in [2.75, 3.05) is 14.1 Å². The SMILES string of the molecule is C[C@H](N)c1cncn1CCC(=O)N(C)C. The summed E-state index contributed by atoms with van der Waals surface area (Å²) < 4.78 is 1.92. The predicted molar refractivity (Wildman–Crippen MR) is 58.1 cm³/mol. The number of rotatable bonds is 4. The fourth-order valence-electron chi connectivity index (χ4n) is 1.34. The number of aryl methyl sites for hydroxylation is 1. The fraction of sp³-hybridized carbons (Fsp3) is 0.600. The summed E-state index contributed by atoms with van der Waals surface area (Å²) in [6.45, 7) is 2.54. The Balaban J connectivity index is 2.58. The summed E-state index contributed by atoms with van der Waals surface area (Å²) in [6, 6.07) is -0.0537. The van der Waals surface area contributed by atoms with E-state index in [9.17, 15) is 4.79 Å². The molecule has 0 bridgehead atoms. The van der Waals surface area contributed by atoms with E-state index < -0.39 is 0 Å². The standard InChI is InChI=1S/C10H18N4O/c1-8(11)9-6-12-7-14(9)5-4-10(15)13(2)3/h6-8H,4-5,11H2,1-3H3/t8-/m0/s1.